The first-order valence-corrected chi connectivity index (χ1v) is 7.09. The molecule has 0 aliphatic rings. The molecule has 2 aromatic rings. The van der Waals surface area contributed by atoms with Crippen molar-refractivity contribution in [2.45, 2.75) is 6.92 Å². The summed E-state index contributed by atoms with van der Waals surface area (Å²) in [4.78, 5) is 12.6. The quantitative estimate of drug-likeness (QED) is 0.916. The van der Waals surface area contributed by atoms with E-state index in [9.17, 15) is 4.79 Å². The second-order valence-corrected chi connectivity index (χ2v) is 5.98. The standard InChI is InChI=1S/C13H12BrNO2S/c1-2-17-10-5-3-9(4-6-10)15-13(16)11-7-8-12(14)18-11/h3-8H,2H2,1H3,(H,15,16). The van der Waals surface area contributed by atoms with Gasteiger partial charge in [-0.25, -0.2) is 0 Å². The molecule has 5 heteroatoms. The first kappa shape index (κ1) is 13.1. The summed E-state index contributed by atoms with van der Waals surface area (Å²) in [7, 11) is 0. The molecule has 0 saturated carbocycles. The predicted octanol–water partition coefficient (Wildman–Crippen LogP) is 4.16. The van der Waals surface area contributed by atoms with E-state index in [0.717, 1.165) is 15.2 Å². The summed E-state index contributed by atoms with van der Waals surface area (Å²) in [5.74, 6) is 0.698. The fraction of sp³-hybridized carbons (Fsp3) is 0.154. The molecular formula is C13H12BrNO2S. The number of carbonyl (C=O) groups excluding carboxylic acids is 1. The van der Waals surface area contributed by atoms with Crippen molar-refractivity contribution in [3.05, 3.63) is 45.1 Å². The maximum absolute atomic E-state index is 11.9. The molecule has 0 radical (unpaired) electrons. The first-order valence-electron chi connectivity index (χ1n) is 5.48. The molecule has 0 unspecified atom stereocenters. The van der Waals surface area contributed by atoms with Gasteiger partial charge in [-0.05, 0) is 59.3 Å². The minimum atomic E-state index is -0.102. The van der Waals surface area contributed by atoms with E-state index in [-0.39, 0.29) is 5.91 Å². The molecule has 3 nitrogen and oxygen atoms in total. The number of ether oxygens (including phenoxy) is 1. The molecule has 1 aromatic carbocycles. The van der Waals surface area contributed by atoms with Crippen LogP contribution in [0.1, 0.15) is 16.6 Å². The number of benzene rings is 1. The van der Waals surface area contributed by atoms with E-state index >= 15 is 0 Å². The normalized spacial score (nSPS) is 10.1. The third kappa shape index (κ3) is 3.34. The van der Waals surface area contributed by atoms with Gasteiger partial charge in [0.2, 0.25) is 0 Å². The van der Waals surface area contributed by atoms with Gasteiger partial charge in [0.1, 0.15) is 5.75 Å². The third-order valence-electron chi connectivity index (χ3n) is 2.22. The summed E-state index contributed by atoms with van der Waals surface area (Å²) >= 11 is 4.74. The first-order chi connectivity index (χ1) is 8.69. The second kappa shape index (κ2) is 6.02. The number of halogens is 1. The molecule has 0 fully saturated rings. The largest absolute Gasteiger partial charge is 0.494 e. The van der Waals surface area contributed by atoms with E-state index in [4.69, 9.17) is 4.74 Å². The van der Waals surface area contributed by atoms with Crippen LogP contribution < -0.4 is 10.1 Å². The van der Waals surface area contributed by atoms with E-state index in [1.807, 2.05) is 37.3 Å². The van der Waals surface area contributed by atoms with Crippen molar-refractivity contribution in [1.29, 1.82) is 0 Å². The van der Waals surface area contributed by atoms with E-state index < -0.39 is 0 Å². The lowest BCUT2D eigenvalue weighted by Gasteiger charge is -2.06. The molecule has 0 aliphatic carbocycles. The number of carbonyl (C=O) groups is 1. The van der Waals surface area contributed by atoms with Crippen LogP contribution in [0, 0.1) is 0 Å². The van der Waals surface area contributed by atoms with Crippen LogP contribution >= 0.6 is 27.3 Å². The highest BCUT2D eigenvalue weighted by atomic mass is 79.9. The smallest absolute Gasteiger partial charge is 0.265 e. The number of nitrogens with one attached hydrogen (secondary N) is 1. The van der Waals surface area contributed by atoms with Gasteiger partial charge in [-0.3, -0.25) is 4.79 Å². The molecular weight excluding hydrogens is 314 g/mol. The fourth-order valence-corrected chi connectivity index (χ4v) is 2.71. The van der Waals surface area contributed by atoms with E-state index in [1.54, 1.807) is 6.07 Å². The zero-order valence-corrected chi connectivity index (χ0v) is 12.2. The lowest BCUT2D eigenvalue weighted by atomic mass is 10.3. The maximum Gasteiger partial charge on any atom is 0.265 e. The van der Waals surface area contributed by atoms with Gasteiger partial charge in [-0.15, -0.1) is 11.3 Å². The van der Waals surface area contributed by atoms with Gasteiger partial charge in [-0.2, -0.15) is 0 Å². The Bertz CT molecular complexity index is 536. The lowest BCUT2D eigenvalue weighted by molar-refractivity contribution is 0.103. The van der Waals surface area contributed by atoms with Crippen molar-refractivity contribution in [2.24, 2.45) is 0 Å². The summed E-state index contributed by atoms with van der Waals surface area (Å²) < 4.78 is 6.28. The number of rotatable bonds is 4. The van der Waals surface area contributed by atoms with Crippen molar-refractivity contribution in [3.8, 4) is 5.75 Å². The van der Waals surface area contributed by atoms with Crippen molar-refractivity contribution < 1.29 is 9.53 Å². The SMILES string of the molecule is CCOc1ccc(NC(=O)c2ccc(Br)s2)cc1. The van der Waals surface area contributed by atoms with Gasteiger partial charge in [0.05, 0.1) is 15.3 Å². The molecule has 2 rings (SSSR count). The van der Waals surface area contributed by atoms with Crippen molar-refractivity contribution in [2.75, 3.05) is 11.9 Å². The summed E-state index contributed by atoms with van der Waals surface area (Å²) in [5.41, 5.74) is 0.757. The summed E-state index contributed by atoms with van der Waals surface area (Å²) in [6.07, 6.45) is 0. The lowest BCUT2D eigenvalue weighted by Crippen LogP contribution is -2.09. The van der Waals surface area contributed by atoms with Crippen LogP contribution in [0.3, 0.4) is 0 Å². The average molecular weight is 326 g/mol. The Kier molecular flexibility index (Phi) is 4.38. The molecule has 0 spiro atoms. The molecule has 1 aromatic heterocycles. The Morgan fingerprint density at radius 1 is 1.28 bits per heavy atom. The molecule has 0 atom stereocenters. The van der Waals surface area contributed by atoms with Gasteiger partial charge in [-0.1, -0.05) is 0 Å². The van der Waals surface area contributed by atoms with Crippen molar-refractivity contribution >= 4 is 38.9 Å². The van der Waals surface area contributed by atoms with E-state index in [2.05, 4.69) is 21.2 Å². The molecule has 1 heterocycles. The zero-order chi connectivity index (χ0) is 13.0. The van der Waals surface area contributed by atoms with Crippen LogP contribution in [0.15, 0.2) is 40.2 Å². The predicted molar refractivity (Wildman–Crippen MR) is 77.6 cm³/mol. The maximum atomic E-state index is 11.9. The number of hydrogen-bond donors (Lipinski definition) is 1. The summed E-state index contributed by atoms with van der Waals surface area (Å²) in [5, 5.41) is 2.84. The van der Waals surface area contributed by atoms with Gasteiger partial charge >= 0.3 is 0 Å². The minimum absolute atomic E-state index is 0.102. The van der Waals surface area contributed by atoms with Crippen LogP contribution in [-0.4, -0.2) is 12.5 Å². The Hall–Kier alpha value is -1.33. The van der Waals surface area contributed by atoms with Gasteiger partial charge in [0, 0.05) is 5.69 Å². The van der Waals surface area contributed by atoms with Crippen molar-refractivity contribution in [1.82, 2.24) is 0 Å². The van der Waals surface area contributed by atoms with Crippen LogP contribution in [0.4, 0.5) is 5.69 Å². The van der Waals surface area contributed by atoms with E-state index in [0.29, 0.717) is 11.5 Å². The molecule has 0 bridgehead atoms. The van der Waals surface area contributed by atoms with Crippen molar-refractivity contribution in [3.63, 3.8) is 0 Å². The Morgan fingerprint density at radius 2 is 2.00 bits per heavy atom. The van der Waals surface area contributed by atoms with Crippen LogP contribution in [-0.2, 0) is 0 Å². The number of hydrogen-bond acceptors (Lipinski definition) is 3. The highest BCUT2D eigenvalue weighted by molar-refractivity contribution is 9.11. The number of thiophene rings is 1. The highest BCUT2D eigenvalue weighted by Gasteiger charge is 2.08. The molecule has 94 valence electrons. The monoisotopic (exact) mass is 325 g/mol. The Balaban J connectivity index is 2.03. The van der Waals surface area contributed by atoms with E-state index in [1.165, 1.54) is 11.3 Å². The van der Waals surface area contributed by atoms with Gasteiger partial charge in [0.15, 0.2) is 0 Å². The second-order valence-electron chi connectivity index (χ2n) is 3.52. The summed E-state index contributed by atoms with van der Waals surface area (Å²) in [6, 6.07) is 11.0. The Labute approximate surface area is 118 Å². The van der Waals surface area contributed by atoms with Crippen LogP contribution in [0.5, 0.6) is 5.75 Å². The van der Waals surface area contributed by atoms with Gasteiger partial charge < -0.3 is 10.1 Å². The summed E-state index contributed by atoms with van der Waals surface area (Å²) in [6.45, 7) is 2.57. The van der Waals surface area contributed by atoms with Crippen LogP contribution in [0.25, 0.3) is 0 Å². The Morgan fingerprint density at radius 3 is 2.56 bits per heavy atom. The highest BCUT2D eigenvalue weighted by Crippen LogP contribution is 2.23. The van der Waals surface area contributed by atoms with Gasteiger partial charge in [0.25, 0.3) is 5.91 Å². The fourth-order valence-electron chi connectivity index (χ4n) is 1.43. The number of amides is 1. The molecule has 0 aliphatic heterocycles. The third-order valence-corrected chi connectivity index (χ3v) is 3.84. The average Bonchev–Trinajstić information content (AvgIpc) is 2.79. The minimum Gasteiger partial charge on any atom is -0.494 e. The molecule has 1 amide bonds. The molecule has 1 N–H and O–H groups in total. The number of anilines is 1. The topological polar surface area (TPSA) is 38.3 Å². The van der Waals surface area contributed by atoms with Crippen LogP contribution in [0.2, 0.25) is 0 Å². The zero-order valence-electron chi connectivity index (χ0n) is 9.77. The molecule has 0 saturated heterocycles. The molecule has 18 heavy (non-hydrogen) atoms.